The molecule has 100 valence electrons. The first-order chi connectivity index (χ1) is 9.83. The third kappa shape index (κ3) is 2.61. The molecule has 1 aromatic heterocycles. The number of nitrogens with two attached hydrogens (primary N) is 1. The van der Waals surface area contributed by atoms with E-state index in [1.165, 1.54) is 5.56 Å². The van der Waals surface area contributed by atoms with Crippen LogP contribution in [0.4, 0.5) is 11.9 Å². The Morgan fingerprint density at radius 3 is 2.30 bits per heavy atom. The lowest BCUT2D eigenvalue weighted by molar-refractivity contribution is 0.876. The van der Waals surface area contributed by atoms with Crippen molar-refractivity contribution in [3.05, 3.63) is 66.2 Å². The molecule has 0 amide bonds. The standard InChI is InChI=1S/C15H15N5/c16-14-18-15(17-11-12-7-3-1-4-8-12)20(19-14)13-9-5-2-6-10-13/h1-10H,11H2,(H3,16,17,18,19). The van der Waals surface area contributed by atoms with Gasteiger partial charge in [0.2, 0.25) is 11.9 Å². The smallest absolute Gasteiger partial charge is 0.241 e. The van der Waals surface area contributed by atoms with Gasteiger partial charge in [-0.25, -0.2) is 0 Å². The van der Waals surface area contributed by atoms with Gasteiger partial charge in [-0.2, -0.15) is 9.67 Å². The van der Waals surface area contributed by atoms with Crippen molar-refractivity contribution in [3.8, 4) is 5.69 Å². The van der Waals surface area contributed by atoms with Crippen LogP contribution in [0.15, 0.2) is 60.7 Å². The van der Waals surface area contributed by atoms with Gasteiger partial charge in [-0.1, -0.05) is 48.5 Å². The van der Waals surface area contributed by atoms with Crippen LogP contribution in [0.1, 0.15) is 5.56 Å². The number of anilines is 2. The van der Waals surface area contributed by atoms with E-state index in [1.54, 1.807) is 4.68 Å². The normalized spacial score (nSPS) is 10.4. The number of benzene rings is 2. The Hall–Kier alpha value is -2.82. The van der Waals surface area contributed by atoms with Gasteiger partial charge in [0.25, 0.3) is 0 Å². The maximum absolute atomic E-state index is 5.70. The molecule has 5 heteroatoms. The molecular weight excluding hydrogens is 250 g/mol. The zero-order valence-corrected chi connectivity index (χ0v) is 10.9. The molecule has 0 atom stereocenters. The van der Waals surface area contributed by atoms with Gasteiger partial charge in [0.15, 0.2) is 0 Å². The largest absolute Gasteiger partial charge is 0.366 e. The molecule has 3 aromatic rings. The Balaban J connectivity index is 1.84. The quantitative estimate of drug-likeness (QED) is 0.760. The predicted molar refractivity (Wildman–Crippen MR) is 79.5 cm³/mol. The molecule has 0 bridgehead atoms. The second-order valence-corrected chi connectivity index (χ2v) is 4.38. The highest BCUT2D eigenvalue weighted by Crippen LogP contribution is 2.15. The van der Waals surface area contributed by atoms with Crippen molar-refractivity contribution < 1.29 is 0 Å². The average Bonchev–Trinajstić information content (AvgIpc) is 2.88. The molecule has 0 aliphatic heterocycles. The van der Waals surface area contributed by atoms with Gasteiger partial charge in [-0.3, -0.25) is 0 Å². The lowest BCUT2D eigenvalue weighted by atomic mass is 10.2. The van der Waals surface area contributed by atoms with Gasteiger partial charge in [0.1, 0.15) is 0 Å². The molecule has 1 heterocycles. The first-order valence-corrected chi connectivity index (χ1v) is 6.39. The fraction of sp³-hybridized carbons (Fsp3) is 0.0667. The monoisotopic (exact) mass is 265 g/mol. The number of hydrogen-bond acceptors (Lipinski definition) is 4. The highest BCUT2D eigenvalue weighted by Gasteiger charge is 2.08. The van der Waals surface area contributed by atoms with Gasteiger partial charge < -0.3 is 11.1 Å². The summed E-state index contributed by atoms with van der Waals surface area (Å²) in [5.41, 5.74) is 7.80. The van der Waals surface area contributed by atoms with Crippen LogP contribution in [0.3, 0.4) is 0 Å². The summed E-state index contributed by atoms with van der Waals surface area (Å²) >= 11 is 0. The lowest BCUT2D eigenvalue weighted by Gasteiger charge is -2.07. The minimum Gasteiger partial charge on any atom is -0.366 e. The van der Waals surface area contributed by atoms with E-state index in [0.717, 1.165) is 5.69 Å². The minimum absolute atomic E-state index is 0.254. The van der Waals surface area contributed by atoms with E-state index in [9.17, 15) is 0 Å². The average molecular weight is 265 g/mol. The van der Waals surface area contributed by atoms with Crippen LogP contribution in [0, 0.1) is 0 Å². The Labute approximate surface area is 117 Å². The molecule has 0 aliphatic carbocycles. The van der Waals surface area contributed by atoms with Crippen LogP contribution in [0.25, 0.3) is 5.69 Å². The zero-order chi connectivity index (χ0) is 13.8. The Morgan fingerprint density at radius 2 is 1.60 bits per heavy atom. The molecule has 0 saturated heterocycles. The minimum atomic E-state index is 0.254. The van der Waals surface area contributed by atoms with E-state index in [0.29, 0.717) is 12.5 Å². The number of nitrogens with zero attached hydrogens (tertiary/aromatic N) is 3. The van der Waals surface area contributed by atoms with E-state index >= 15 is 0 Å². The molecule has 0 unspecified atom stereocenters. The van der Waals surface area contributed by atoms with Crippen molar-refractivity contribution in [1.82, 2.24) is 14.8 Å². The molecule has 2 aromatic carbocycles. The summed E-state index contributed by atoms with van der Waals surface area (Å²) in [6.45, 7) is 0.672. The van der Waals surface area contributed by atoms with Crippen LogP contribution in [-0.2, 0) is 6.54 Å². The summed E-state index contributed by atoms with van der Waals surface area (Å²) in [5, 5.41) is 7.47. The Kier molecular flexibility index (Phi) is 3.33. The Bertz CT molecular complexity index is 676. The fourth-order valence-corrected chi connectivity index (χ4v) is 1.97. The van der Waals surface area contributed by atoms with Crippen molar-refractivity contribution in [2.24, 2.45) is 0 Å². The van der Waals surface area contributed by atoms with Crippen LogP contribution in [0.2, 0.25) is 0 Å². The molecule has 5 nitrogen and oxygen atoms in total. The summed E-state index contributed by atoms with van der Waals surface area (Å²) in [6, 6.07) is 19.9. The third-order valence-electron chi connectivity index (χ3n) is 2.92. The van der Waals surface area contributed by atoms with E-state index in [-0.39, 0.29) is 5.95 Å². The molecule has 0 radical (unpaired) electrons. The van der Waals surface area contributed by atoms with Gasteiger partial charge in [-0.05, 0) is 17.7 Å². The molecule has 20 heavy (non-hydrogen) atoms. The lowest BCUT2D eigenvalue weighted by Crippen LogP contribution is -2.07. The number of para-hydroxylation sites is 1. The first kappa shape index (κ1) is 12.2. The van der Waals surface area contributed by atoms with Crippen molar-refractivity contribution in [2.45, 2.75) is 6.54 Å². The predicted octanol–water partition coefficient (Wildman–Crippen LogP) is 2.46. The van der Waals surface area contributed by atoms with Crippen molar-refractivity contribution >= 4 is 11.9 Å². The van der Waals surface area contributed by atoms with Crippen LogP contribution in [-0.4, -0.2) is 14.8 Å². The van der Waals surface area contributed by atoms with E-state index in [2.05, 4.69) is 27.5 Å². The summed E-state index contributed by atoms with van der Waals surface area (Å²) in [5.74, 6) is 0.891. The maximum atomic E-state index is 5.70. The van der Waals surface area contributed by atoms with Crippen molar-refractivity contribution in [2.75, 3.05) is 11.1 Å². The molecule has 0 spiro atoms. The maximum Gasteiger partial charge on any atom is 0.241 e. The molecule has 3 N–H and O–H groups in total. The molecule has 0 saturated carbocycles. The SMILES string of the molecule is Nc1nc(NCc2ccccc2)n(-c2ccccc2)n1. The van der Waals surface area contributed by atoms with Gasteiger partial charge in [0.05, 0.1) is 5.69 Å². The summed E-state index contributed by atoms with van der Waals surface area (Å²) < 4.78 is 1.71. The topological polar surface area (TPSA) is 68.8 Å². The van der Waals surface area contributed by atoms with Crippen LogP contribution < -0.4 is 11.1 Å². The molecule has 3 rings (SSSR count). The Morgan fingerprint density at radius 1 is 0.950 bits per heavy atom. The van der Waals surface area contributed by atoms with Crippen molar-refractivity contribution in [3.63, 3.8) is 0 Å². The fourth-order valence-electron chi connectivity index (χ4n) is 1.97. The summed E-state index contributed by atoms with van der Waals surface area (Å²) in [4.78, 5) is 4.22. The van der Waals surface area contributed by atoms with Gasteiger partial charge in [-0.15, -0.1) is 5.10 Å². The molecule has 0 aliphatic rings. The second kappa shape index (κ2) is 5.44. The van der Waals surface area contributed by atoms with E-state index in [1.807, 2.05) is 48.5 Å². The van der Waals surface area contributed by atoms with Crippen molar-refractivity contribution in [1.29, 1.82) is 0 Å². The van der Waals surface area contributed by atoms with Gasteiger partial charge in [0, 0.05) is 6.54 Å². The van der Waals surface area contributed by atoms with Crippen LogP contribution >= 0.6 is 0 Å². The second-order valence-electron chi connectivity index (χ2n) is 4.38. The number of nitrogens with one attached hydrogen (secondary N) is 1. The van der Waals surface area contributed by atoms with Crippen LogP contribution in [0.5, 0.6) is 0 Å². The zero-order valence-electron chi connectivity index (χ0n) is 10.9. The highest BCUT2D eigenvalue weighted by atomic mass is 15.4. The molecular formula is C15H15N5. The highest BCUT2D eigenvalue weighted by molar-refractivity contribution is 5.43. The summed E-state index contributed by atoms with van der Waals surface area (Å²) in [7, 11) is 0. The van der Waals surface area contributed by atoms with E-state index in [4.69, 9.17) is 5.73 Å². The number of rotatable bonds is 4. The molecule has 0 fully saturated rings. The first-order valence-electron chi connectivity index (χ1n) is 6.39. The number of hydrogen-bond donors (Lipinski definition) is 2. The summed E-state index contributed by atoms with van der Waals surface area (Å²) in [6.07, 6.45) is 0. The third-order valence-corrected chi connectivity index (χ3v) is 2.92. The van der Waals surface area contributed by atoms with Gasteiger partial charge >= 0.3 is 0 Å². The number of nitrogen functional groups attached to an aromatic ring is 1. The number of aromatic nitrogens is 3. The van der Waals surface area contributed by atoms with E-state index < -0.39 is 0 Å².